The Hall–Kier alpha value is -0.900. The molecule has 4 heteroatoms. The number of nitrogens with one attached hydrogen (secondary N) is 1. The van der Waals surface area contributed by atoms with Gasteiger partial charge >= 0.3 is 0 Å². The van der Waals surface area contributed by atoms with Crippen LogP contribution >= 0.6 is 0 Å². The van der Waals surface area contributed by atoms with Crippen molar-refractivity contribution >= 4 is 11.7 Å². The van der Waals surface area contributed by atoms with Crippen LogP contribution < -0.4 is 5.32 Å². The SMILES string of the molecule is CNC(=O)CN1C2CCC1CC(=O)C2. The number of rotatable bonds is 2. The van der Waals surface area contributed by atoms with Crippen LogP contribution in [-0.4, -0.2) is 42.3 Å². The Bertz CT molecular complexity index is 249. The Morgan fingerprint density at radius 1 is 1.43 bits per heavy atom. The van der Waals surface area contributed by atoms with Crippen LogP contribution in [0.4, 0.5) is 0 Å². The second kappa shape index (κ2) is 3.69. The van der Waals surface area contributed by atoms with Gasteiger partial charge in [0.25, 0.3) is 0 Å². The third-order valence-electron chi connectivity index (χ3n) is 3.30. The molecular formula is C10H16N2O2. The number of nitrogens with zero attached hydrogens (tertiary/aromatic N) is 1. The van der Waals surface area contributed by atoms with Gasteiger partial charge in [0.15, 0.2) is 0 Å². The Balaban J connectivity index is 2.00. The molecule has 1 amide bonds. The van der Waals surface area contributed by atoms with Crippen molar-refractivity contribution in [2.75, 3.05) is 13.6 Å². The van der Waals surface area contributed by atoms with Crippen LogP contribution in [0.1, 0.15) is 25.7 Å². The highest BCUT2D eigenvalue weighted by Crippen LogP contribution is 2.33. The van der Waals surface area contributed by atoms with E-state index < -0.39 is 0 Å². The smallest absolute Gasteiger partial charge is 0.233 e. The van der Waals surface area contributed by atoms with Crippen LogP contribution in [-0.2, 0) is 9.59 Å². The Kier molecular flexibility index (Phi) is 2.54. The first-order valence-corrected chi connectivity index (χ1v) is 5.18. The van der Waals surface area contributed by atoms with Gasteiger partial charge in [-0.1, -0.05) is 0 Å². The first-order chi connectivity index (χ1) is 6.70. The van der Waals surface area contributed by atoms with E-state index in [2.05, 4.69) is 10.2 Å². The monoisotopic (exact) mass is 196 g/mol. The quantitative estimate of drug-likeness (QED) is 0.672. The summed E-state index contributed by atoms with van der Waals surface area (Å²) in [7, 11) is 1.65. The number of Topliss-reactive ketones (excluding diaryl/α,β-unsaturated/α-hetero) is 1. The topological polar surface area (TPSA) is 49.4 Å². The standard InChI is InChI=1S/C10H16N2O2/c1-11-10(14)6-12-7-2-3-8(12)5-9(13)4-7/h7-8H,2-6H2,1H3,(H,11,14). The molecule has 2 atom stereocenters. The van der Waals surface area contributed by atoms with Gasteiger partial charge in [-0.05, 0) is 12.8 Å². The summed E-state index contributed by atoms with van der Waals surface area (Å²) in [5.41, 5.74) is 0. The zero-order chi connectivity index (χ0) is 10.1. The van der Waals surface area contributed by atoms with Crippen LogP contribution in [0.2, 0.25) is 0 Å². The zero-order valence-corrected chi connectivity index (χ0v) is 8.45. The summed E-state index contributed by atoms with van der Waals surface area (Å²) in [4.78, 5) is 24.7. The molecule has 0 aromatic heterocycles. The van der Waals surface area contributed by atoms with Crippen molar-refractivity contribution in [3.63, 3.8) is 0 Å². The Morgan fingerprint density at radius 3 is 2.50 bits per heavy atom. The normalized spacial score (nSPS) is 31.9. The molecule has 0 spiro atoms. The van der Waals surface area contributed by atoms with Crippen molar-refractivity contribution in [3.05, 3.63) is 0 Å². The fourth-order valence-electron chi connectivity index (χ4n) is 2.57. The summed E-state index contributed by atoms with van der Waals surface area (Å²) >= 11 is 0. The van der Waals surface area contributed by atoms with Crippen LogP contribution in [0, 0.1) is 0 Å². The van der Waals surface area contributed by atoms with E-state index in [1.165, 1.54) is 0 Å². The number of carbonyl (C=O) groups is 2. The van der Waals surface area contributed by atoms with Crippen LogP contribution in [0.15, 0.2) is 0 Å². The van der Waals surface area contributed by atoms with Gasteiger partial charge in [0.05, 0.1) is 6.54 Å². The lowest BCUT2D eigenvalue weighted by molar-refractivity contribution is -0.128. The second-order valence-corrected chi connectivity index (χ2v) is 4.18. The lowest BCUT2D eigenvalue weighted by Crippen LogP contribution is -2.47. The molecule has 2 heterocycles. The van der Waals surface area contributed by atoms with E-state index in [0.717, 1.165) is 12.8 Å². The molecule has 0 aliphatic carbocycles. The van der Waals surface area contributed by atoms with Gasteiger partial charge in [-0.15, -0.1) is 0 Å². The van der Waals surface area contributed by atoms with E-state index in [4.69, 9.17) is 0 Å². The van der Waals surface area contributed by atoms with Crippen LogP contribution in [0.5, 0.6) is 0 Å². The van der Waals surface area contributed by atoms with Gasteiger partial charge in [0, 0.05) is 32.0 Å². The first-order valence-electron chi connectivity index (χ1n) is 5.18. The van der Waals surface area contributed by atoms with Crippen molar-refractivity contribution in [1.82, 2.24) is 10.2 Å². The summed E-state index contributed by atoms with van der Waals surface area (Å²) in [6, 6.07) is 0.664. The minimum atomic E-state index is 0.0521. The average molecular weight is 196 g/mol. The molecule has 0 saturated carbocycles. The van der Waals surface area contributed by atoms with E-state index in [0.29, 0.717) is 37.3 Å². The highest BCUT2D eigenvalue weighted by atomic mass is 16.2. The molecule has 2 rings (SSSR count). The van der Waals surface area contributed by atoms with Crippen LogP contribution in [0.3, 0.4) is 0 Å². The molecule has 2 fully saturated rings. The maximum absolute atomic E-state index is 11.3. The minimum Gasteiger partial charge on any atom is -0.358 e. The predicted molar refractivity (Wildman–Crippen MR) is 51.8 cm³/mol. The van der Waals surface area contributed by atoms with Crippen molar-refractivity contribution in [2.45, 2.75) is 37.8 Å². The summed E-state index contributed by atoms with van der Waals surface area (Å²) < 4.78 is 0. The minimum absolute atomic E-state index is 0.0521. The highest BCUT2D eigenvalue weighted by Gasteiger charge is 2.40. The number of ketones is 1. The molecule has 4 nitrogen and oxygen atoms in total. The Labute approximate surface area is 83.6 Å². The van der Waals surface area contributed by atoms with Crippen molar-refractivity contribution in [1.29, 1.82) is 0 Å². The molecule has 0 radical (unpaired) electrons. The summed E-state index contributed by atoms with van der Waals surface area (Å²) in [5.74, 6) is 0.418. The molecule has 14 heavy (non-hydrogen) atoms. The fraction of sp³-hybridized carbons (Fsp3) is 0.800. The zero-order valence-electron chi connectivity index (χ0n) is 8.45. The number of carbonyl (C=O) groups excluding carboxylic acids is 2. The molecule has 78 valence electrons. The summed E-state index contributed by atoms with van der Waals surface area (Å²) in [5, 5.41) is 2.63. The van der Waals surface area contributed by atoms with Gasteiger partial charge in [-0.3, -0.25) is 14.5 Å². The molecule has 1 N–H and O–H groups in total. The lowest BCUT2D eigenvalue weighted by Gasteiger charge is -2.32. The van der Waals surface area contributed by atoms with Gasteiger partial charge in [0.1, 0.15) is 5.78 Å². The molecule has 2 unspecified atom stereocenters. The van der Waals surface area contributed by atoms with Gasteiger partial charge in [-0.25, -0.2) is 0 Å². The van der Waals surface area contributed by atoms with E-state index >= 15 is 0 Å². The second-order valence-electron chi connectivity index (χ2n) is 4.18. The largest absolute Gasteiger partial charge is 0.358 e. The molecule has 2 aliphatic heterocycles. The Morgan fingerprint density at radius 2 is 2.00 bits per heavy atom. The fourth-order valence-corrected chi connectivity index (χ4v) is 2.57. The van der Waals surface area contributed by atoms with Gasteiger partial charge in [0.2, 0.25) is 5.91 Å². The molecule has 2 aliphatic rings. The van der Waals surface area contributed by atoms with Crippen LogP contribution in [0.25, 0.3) is 0 Å². The maximum Gasteiger partial charge on any atom is 0.233 e. The number of likely N-dealkylation sites (N-methyl/N-ethyl adjacent to an activating group) is 1. The van der Waals surface area contributed by atoms with Gasteiger partial charge in [-0.2, -0.15) is 0 Å². The van der Waals surface area contributed by atoms with E-state index in [9.17, 15) is 9.59 Å². The number of hydrogen-bond donors (Lipinski definition) is 1. The average Bonchev–Trinajstić information content (AvgIpc) is 2.41. The molecular weight excluding hydrogens is 180 g/mol. The molecule has 2 bridgehead atoms. The number of amides is 1. The van der Waals surface area contributed by atoms with Crippen molar-refractivity contribution < 1.29 is 9.59 Å². The molecule has 0 aromatic rings. The highest BCUT2D eigenvalue weighted by molar-refractivity contribution is 5.82. The lowest BCUT2D eigenvalue weighted by atomic mass is 10.0. The first kappa shape index (κ1) is 9.65. The number of fused-ring (bicyclic) bond motifs is 2. The van der Waals surface area contributed by atoms with E-state index in [-0.39, 0.29) is 5.91 Å². The summed E-state index contributed by atoms with van der Waals surface area (Å²) in [6.45, 7) is 0.457. The molecule has 2 saturated heterocycles. The van der Waals surface area contributed by atoms with Crippen molar-refractivity contribution in [2.24, 2.45) is 0 Å². The van der Waals surface area contributed by atoms with E-state index in [1.54, 1.807) is 7.05 Å². The predicted octanol–water partition coefficient (Wildman–Crippen LogP) is -0.0717. The molecule has 0 aromatic carbocycles. The third-order valence-corrected chi connectivity index (χ3v) is 3.30. The third kappa shape index (κ3) is 1.66. The number of hydrogen-bond acceptors (Lipinski definition) is 3. The van der Waals surface area contributed by atoms with Gasteiger partial charge < -0.3 is 5.32 Å². The van der Waals surface area contributed by atoms with E-state index in [1.807, 2.05) is 0 Å². The number of piperidine rings is 1. The van der Waals surface area contributed by atoms with Crippen molar-refractivity contribution in [3.8, 4) is 0 Å². The maximum atomic E-state index is 11.3. The summed E-state index contributed by atoms with van der Waals surface area (Å²) in [6.07, 6.45) is 3.45.